The highest BCUT2D eigenvalue weighted by atomic mass is 127. The van der Waals surface area contributed by atoms with Crippen LogP contribution in [0.15, 0.2) is 35.4 Å². The first kappa shape index (κ1) is 12.2. The largest absolute Gasteiger partial charge is 0.279 e. The van der Waals surface area contributed by atoms with Gasteiger partial charge in [0.25, 0.3) is 0 Å². The molecule has 0 radical (unpaired) electrons. The molecular formula is C10H12I2N2. The molecule has 2 nitrogen and oxygen atoms in total. The van der Waals surface area contributed by atoms with E-state index in [2.05, 4.69) is 55.7 Å². The fraction of sp³-hybridized carbons (Fsp3) is 0.300. The molecule has 0 bridgehead atoms. The highest BCUT2D eigenvalue weighted by Crippen LogP contribution is 2.08. The molecule has 0 aliphatic heterocycles. The highest BCUT2D eigenvalue weighted by molar-refractivity contribution is 14.1. The van der Waals surface area contributed by atoms with Crippen LogP contribution < -0.4 is 5.43 Å². The van der Waals surface area contributed by atoms with Gasteiger partial charge in [-0.15, -0.1) is 0 Å². The van der Waals surface area contributed by atoms with Crippen LogP contribution in [-0.4, -0.2) is 14.6 Å². The molecule has 1 rings (SSSR count). The summed E-state index contributed by atoms with van der Waals surface area (Å²) in [6.07, 6.45) is 2.95. The van der Waals surface area contributed by atoms with Gasteiger partial charge in [-0.1, -0.05) is 63.4 Å². The van der Waals surface area contributed by atoms with Crippen LogP contribution in [0.4, 0.5) is 5.69 Å². The molecule has 1 aromatic rings. The molecule has 1 N–H and O–H groups in total. The van der Waals surface area contributed by atoms with Crippen molar-refractivity contribution in [3.05, 3.63) is 30.3 Å². The number of halogens is 2. The maximum Gasteiger partial charge on any atom is 0.0561 e. The van der Waals surface area contributed by atoms with Crippen molar-refractivity contribution >= 4 is 57.1 Å². The molecule has 76 valence electrons. The van der Waals surface area contributed by atoms with Crippen LogP contribution in [0, 0.1) is 0 Å². The predicted molar refractivity (Wildman–Crippen MR) is 79.9 cm³/mol. The minimum atomic E-state index is 0.675. The predicted octanol–water partition coefficient (Wildman–Crippen LogP) is 3.71. The Labute approximate surface area is 112 Å². The summed E-state index contributed by atoms with van der Waals surface area (Å²) in [5, 5.41) is 4.15. The second kappa shape index (κ2) is 7.44. The van der Waals surface area contributed by atoms with Gasteiger partial charge < -0.3 is 0 Å². The van der Waals surface area contributed by atoms with Crippen molar-refractivity contribution in [1.82, 2.24) is 0 Å². The fourth-order valence-electron chi connectivity index (χ4n) is 0.863. The van der Waals surface area contributed by atoms with Gasteiger partial charge in [-0.3, -0.25) is 5.43 Å². The number of hydrogen-bond acceptors (Lipinski definition) is 2. The van der Waals surface area contributed by atoms with Gasteiger partial charge in [0.2, 0.25) is 0 Å². The molecular weight excluding hydrogens is 402 g/mol. The van der Waals surface area contributed by atoms with E-state index in [1.165, 1.54) is 0 Å². The standard InChI is InChI=1S/C10H12I2N2/c11-8-9(12)6-7-13-14-10-4-2-1-3-5-10/h1-5,7,9,14H,6,8H2/b13-7+. The Kier molecular flexibility index (Phi) is 6.50. The minimum absolute atomic E-state index is 0.675. The van der Waals surface area contributed by atoms with Crippen molar-refractivity contribution in [2.24, 2.45) is 5.10 Å². The van der Waals surface area contributed by atoms with Crippen LogP contribution >= 0.6 is 45.2 Å². The van der Waals surface area contributed by atoms with E-state index in [0.717, 1.165) is 16.5 Å². The summed E-state index contributed by atoms with van der Waals surface area (Å²) in [4.78, 5) is 0. The first-order valence-electron chi connectivity index (χ1n) is 4.35. The molecule has 0 amide bonds. The van der Waals surface area contributed by atoms with Crippen molar-refractivity contribution < 1.29 is 0 Å². The number of nitrogens with zero attached hydrogens (tertiary/aromatic N) is 1. The van der Waals surface area contributed by atoms with Gasteiger partial charge in [-0.05, 0) is 18.6 Å². The summed E-state index contributed by atoms with van der Waals surface area (Å²) < 4.78 is 1.84. The molecule has 0 fully saturated rings. The molecule has 0 aliphatic carbocycles. The third-order valence-electron chi connectivity index (χ3n) is 1.59. The van der Waals surface area contributed by atoms with Gasteiger partial charge in [0.15, 0.2) is 0 Å². The van der Waals surface area contributed by atoms with E-state index in [1.54, 1.807) is 0 Å². The summed E-state index contributed by atoms with van der Waals surface area (Å²) >= 11 is 4.82. The van der Waals surface area contributed by atoms with E-state index >= 15 is 0 Å². The minimum Gasteiger partial charge on any atom is -0.279 e. The first-order chi connectivity index (χ1) is 6.83. The van der Waals surface area contributed by atoms with Crippen LogP contribution in [0.25, 0.3) is 0 Å². The average molecular weight is 414 g/mol. The quantitative estimate of drug-likeness (QED) is 0.338. The summed E-state index contributed by atoms with van der Waals surface area (Å²) in [6, 6.07) is 9.97. The Bertz CT molecular complexity index is 275. The highest BCUT2D eigenvalue weighted by Gasteiger charge is 1.96. The lowest BCUT2D eigenvalue weighted by molar-refractivity contribution is 1.10. The third kappa shape index (κ3) is 5.14. The number of para-hydroxylation sites is 1. The Morgan fingerprint density at radius 1 is 1.36 bits per heavy atom. The lowest BCUT2D eigenvalue weighted by atomic mass is 10.3. The van der Waals surface area contributed by atoms with Crippen LogP contribution in [0.1, 0.15) is 6.42 Å². The maximum absolute atomic E-state index is 4.15. The van der Waals surface area contributed by atoms with Gasteiger partial charge >= 0.3 is 0 Å². The fourth-order valence-corrected chi connectivity index (χ4v) is 1.45. The summed E-state index contributed by atoms with van der Waals surface area (Å²) in [5.74, 6) is 0. The van der Waals surface area contributed by atoms with Crippen molar-refractivity contribution in [3.63, 3.8) is 0 Å². The molecule has 0 saturated carbocycles. The number of rotatable bonds is 5. The molecule has 1 atom stereocenters. The van der Waals surface area contributed by atoms with Crippen LogP contribution in [-0.2, 0) is 0 Å². The SMILES string of the molecule is ICC(I)C/C=N/Nc1ccccc1. The monoisotopic (exact) mass is 414 g/mol. The van der Waals surface area contributed by atoms with E-state index in [0.29, 0.717) is 3.92 Å². The molecule has 0 aromatic heterocycles. The zero-order valence-corrected chi connectivity index (χ0v) is 12.0. The molecule has 1 unspecified atom stereocenters. The van der Waals surface area contributed by atoms with Gasteiger partial charge in [0.1, 0.15) is 0 Å². The second-order valence-electron chi connectivity index (χ2n) is 2.78. The molecule has 0 heterocycles. The lowest BCUT2D eigenvalue weighted by Gasteiger charge is -2.00. The number of hydrazone groups is 1. The number of hydrogen-bond donors (Lipinski definition) is 1. The topological polar surface area (TPSA) is 24.4 Å². The second-order valence-corrected chi connectivity index (χ2v) is 5.42. The molecule has 0 saturated heterocycles. The Morgan fingerprint density at radius 3 is 2.71 bits per heavy atom. The summed E-state index contributed by atoms with van der Waals surface area (Å²) in [6.45, 7) is 0. The lowest BCUT2D eigenvalue weighted by Crippen LogP contribution is -1.99. The Morgan fingerprint density at radius 2 is 2.07 bits per heavy atom. The zero-order valence-electron chi connectivity index (χ0n) is 7.66. The molecule has 0 aliphatic rings. The van der Waals surface area contributed by atoms with E-state index in [1.807, 2.05) is 36.5 Å². The molecule has 0 spiro atoms. The number of nitrogens with one attached hydrogen (secondary N) is 1. The van der Waals surface area contributed by atoms with Gasteiger partial charge in [-0.25, -0.2) is 0 Å². The Hall–Kier alpha value is 0.150. The van der Waals surface area contributed by atoms with E-state index in [4.69, 9.17) is 0 Å². The van der Waals surface area contributed by atoms with Gasteiger partial charge in [0, 0.05) is 14.6 Å². The van der Waals surface area contributed by atoms with Crippen LogP contribution in [0.2, 0.25) is 0 Å². The first-order valence-corrected chi connectivity index (χ1v) is 7.12. The Balaban J connectivity index is 2.27. The third-order valence-corrected chi connectivity index (χ3v) is 5.28. The number of alkyl halides is 2. The van der Waals surface area contributed by atoms with Gasteiger partial charge in [-0.2, -0.15) is 5.10 Å². The van der Waals surface area contributed by atoms with Crippen molar-refractivity contribution in [1.29, 1.82) is 0 Å². The maximum atomic E-state index is 4.15. The van der Waals surface area contributed by atoms with Crippen molar-refractivity contribution in [2.75, 3.05) is 9.85 Å². The van der Waals surface area contributed by atoms with E-state index in [9.17, 15) is 0 Å². The average Bonchev–Trinajstić information content (AvgIpc) is 2.25. The van der Waals surface area contributed by atoms with Crippen molar-refractivity contribution in [3.8, 4) is 0 Å². The molecule has 1 aromatic carbocycles. The van der Waals surface area contributed by atoms with Crippen LogP contribution in [0.5, 0.6) is 0 Å². The van der Waals surface area contributed by atoms with Gasteiger partial charge in [0.05, 0.1) is 5.69 Å². The van der Waals surface area contributed by atoms with E-state index < -0.39 is 0 Å². The van der Waals surface area contributed by atoms with Crippen LogP contribution in [0.3, 0.4) is 0 Å². The number of anilines is 1. The van der Waals surface area contributed by atoms with Crippen molar-refractivity contribution in [2.45, 2.75) is 10.3 Å². The summed E-state index contributed by atoms with van der Waals surface area (Å²) in [5.41, 5.74) is 4.02. The normalized spacial score (nSPS) is 13.0. The smallest absolute Gasteiger partial charge is 0.0561 e. The molecule has 4 heteroatoms. The molecule has 14 heavy (non-hydrogen) atoms. The number of benzene rings is 1. The summed E-state index contributed by atoms with van der Waals surface area (Å²) in [7, 11) is 0. The zero-order chi connectivity index (χ0) is 10.2. The van der Waals surface area contributed by atoms with E-state index in [-0.39, 0.29) is 0 Å².